The van der Waals surface area contributed by atoms with E-state index in [1.54, 1.807) is 0 Å². The van der Waals surface area contributed by atoms with Crippen LogP contribution in [0.5, 0.6) is 0 Å². The predicted octanol–water partition coefficient (Wildman–Crippen LogP) is 4.75. The van der Waals surface area contributed by atoms with Crippen LogP contribution < -0.4 is 10.8 Å². The molecule has 1 amide bonds. The highest BCUT2D eigenvalue weighted by Gasteiger charge is 2.51. The van der Waals surface area contributed by atoms with E-state index < -0.39 is 36.4 Å². The summed E-state index contributed by atoms with van der Waals surface area (Å²) in [5, 5.41) is 14.2. The third kappa shape index (κ3) is 4.44. The molecule has 7 rings (SSSR count). The molecule has 0 bridgehead atoms. The highest BCUT2D eigenvalue weighted by Crippen LogP contribution is 2.40. The molecule has 2 aromatic heterocycles. The van der Waals surface area contributed by atoms with Crippen LogP contribution in [0.15, 0.2) is 54.9 Å². The molecule has 1 saturated heterocycles. The number of fused-ring (bicyclic) bond motifs is 1. The molecule has 216 valence electrons. The number of carboxylic acid groups (broad SMARTS) is 1. The molecule has 3 atom stereocenters. The Bertz CT molecular complexity index is 1710. The lowest BCUT2D eigenvalue weighted by molar-refractivity contribution is -0.121. The summed E-state index contributed by atoms with van der Waals surface area (Å²) >= 11 is 0. The second kappa shape index (κ2) is 9.57. The Kier molecular flexibility index (Phi) is 6.15. The molecular formula is C32H35BN4O5. The van der Waals surface area contributed by atoms with Crippen molar-refractivity contribution in [3.63, 3.8) is 0 Å². The van der Waals surface area contributed by atoms with Crippen LogP contribution in [0.4, 0.5) is 4.79 Å². The van der Waals surface area contributed by atoms with Crippen molar-refractivity contribution in [2.24, 2.45) is 0 Å². The summed E-state index contributed by atoms with van der Waals surface area (Å²) in [5.41, 5.74) is 4.19. The number of aryl methyl sites for hydroxylation is 1. The number of carbonyl (C=O) groups is 2. The van der Waals surface area contributed by atoms with Gasteiger partial charge in [-0.2, -0.15) is 0 Å². The van der Waals surface area contributed by atoms with Crippen LogP contribution in [0, 0.1) is 0 Å². The molecule has 1 aliphatic carbocycles. The number of hydrogen-bond acceptors (Lipinski definition) is 5. The molecule has 0 spiro atoms. The van der Waals surface area contributed by atoms with Crippen LogP contribution in [-0.4, -0.2) is 55.9 Å². The minimum Gasteiger partial charge on any atom is -0.465 e. The SMILES string of the molecule is CC1(C)OB(c2ccc3cc(-c4cnc([C@H]5CC(=O)C6c7c(ccn7C5)CC[C@@H]6NC(=O)O)[nH]4)ccc3c2)OC1(C)C. The Morgan fingerprint density at radius 1 is 1.10 bits per heavy atom. The van der Waals surface area contributed by atoms with Gasteiger partial charge in [0, 0.05) is 42.4 Å². The first-order chi connectivity index (χ1) is 20.0. The Labute approximate surface area is 244 Å². The third-order valence-electron chi connectivity index (χ3n) is 9.72. The third-order valence-corrected chi connectivity index (χ3v) is 9.72. The summed E-state index contributed by atoms with van der Waals surface area (Å²) < 4.78 is 14.6. The minimum absolute atomic E-state index is 0.0543. The number of nitrogens with one attached hydrogen (secondary N) is 2. The maximum absolute atomic E-state index is 13.6. The number of amides is 1. The van der Waals surface area contributed by atoms with E-state index in [1.165, 1.54) is 0 Å². The lowest BCUT2D eigenvalue weighted by Gasteiger charge is -2.32. The van der Waals surface area contributed by atoms with E-state index in [0.29, 0.717) is 19.4 Å². The van der Waals surface area contributed by atoms with Gasteiger partial charge in [-0.05, 0) is 74.5 Å². The molecule has 1 unspecified atom stereocenters. The van der Waals surface area contributed by atoms with Gasteiger partial charge in [0.15, 0.2) is 0 Å². The Morgan fingerprint density at radius 2 is 1.83 bits per heavy atom. The van der Waals surface area contributed by atoms with E-state index in [0.717, 1.165) is 51.0 Å². The van der Waals surface area contributed by atoms with Crippen LogP contribution in [0.1, 0.15) is 69.5 Å². The molecule has 0 radical (unpaired) electrons. The van der Waals surface area contributed by atoms with Crippen molar-refractivity contribution in [3.05, 3.63) is 71.9 Å². The lowest BCUT2D eigenvalue weighted by Crippen LogP contribution is -2.44. The number of ketones is 1. The fourth-order valence-corrected chi connectivity index (χ4v) is 6.74. The van der Waals surface area contributed by atoms with E-state index in [-0.39, 0.29) is 11.7 Å². The molecular weight excluding hydrogens is 531 g/mol. The normalized spacial score (nSPS) is 24.4. The van der Waals surface area contributed by atoms with Crippen molar-refractivity contribution >= 4 is 35.2 Å². The smallest absolute Gasteiger partial charge is 0.465 e. The first-order valence-corrected chi connectivity index (χ1v) is 14.6. The van der Waals surface area contributed by atoms with Gasteiger partial charge in [-0.1, -0.05) is 30.3 Å². The van der Waals surface area contributed by atoms with Crippen LogP contribution in [0.3, 0.4) is 0 Å². The fraction of sp³-hybridized carbons (Fsp3) is 0.406. The van der Waals surface area contributed by atoms with E-state index in [2.05, 4.69) is 85.0 Å². The first-order valence-electron chi connectivity index (χ1n) is 14.6. The largest absolute Gasteiger partial charge is 0.494 e. The van der Waals surface area contributed by atoms with E-state index in [4.69, 9.17) is 14.3 Å². The molecule has 3 N–H and O–H groups in total. The zero-order chi connectivity index (χ0) is 29.4. The average Bonchev–Trinajstić information content (AvgIpc) is 3.61. The molecule has 9 nitrogen and oxygen atoms in total. The summed E-state index contributed by atoms with van der Waals surface area (Å²) in [7, 11) is -0.409. The van der Waals surface area contributed by atoms with Gasteiger partial charge >= 0.3 is 13.2 Å². The summed E-state index contributed by atoms with van der Waals surface area (Å²) in [6.45, 7) is 8.84. The Morgan fingerprint density at radius 3 is 2.60 bits per heavy atom. The first kappa shape index (κ1) is 27.0. The molecule has 0 saturated carbocycles. The van der Waals surface area contributed by atoms with Crippen molar-refractivity contribution in [2.45, 2.75) is 82.6 Å². The van der Waals surface area contributed by atoms with Gasteiger partial charge in [-0.25, -0.2) is 9.78 Å². The number of hydrogen-bond donors (Lipinski definition) is 3. The number of imidazole rings is 1. The average molecular weight is 566 g/mol. The van der Waals surface area contributed by atoms with Crippen LogP contribution in [-0.2, 0) is 27.1 Å². The molecule has 4 aromatic rings. The molecule has 2 aliphatic heterocycles. The zero-order valence-electron chi connectivity index (χ0n) is 24.3. The van der Waals surface area contributed by atoms with E-state index in [9.17, 15) is 14.7 Å². The molecule has 2 aromatic carbocycles. The fourth-order valence-electron chi connectivity index (χ4n) is 6.74. The van der Waals surface area contributed by atoms with Gasteiger partial charge in [-0.15, -0.1) is 0 Å². The van der Waals surface area contributed by atoms with Gasteiger partial charge in [0.25, 0.3) is 0 Å². The van der Waals surface area contributed by atoms with Crippen molar-refractivity contribution < 1.29 is 24.0 Å². The topological polar surface area (TPSA) is 118 Å². The van der Waals surface area contributed by atoms with Gasteiger partial charge in [0.1, 0.15) is 11.6 Å². The minimum atomic E-state index is -1.09. The Hall–Kier alpha value is -3.89. The predicted molar refractivity (Wildman–Crippen MR) is 160 cm³/mol. The number of nitrogens with zero attached hydrogens (tertiary/aromatic N) is 2. The van der Waals surface area contributed by atoms with E-state index in [1.807, 2.05) is 12.4 Å². The zero-order valence-corrected chi connectivity index (χ0v) is 24.3. The number of benzene rings is 2. The molecule has 42 heavy (non-hydrogen) atoms. The highest BCUT2D eigenvalue weighted by molar-refractivity contribution is 6.62. The van der Waals surface area contributed by atoms with Gasteiger partial charge in [-0.3, -0.25) is 4.79 Å². The second-order valence-electron chi connectivity index (χ2n) is 12.9. The molecule has 4 heterocycles. The molecule has 10 heteroatoms. The number of H-pyrrole nitrogens is 1. The van der Waals surface area contributed by atoms with E-state index >= 15 is 0 Å². The van der Waals surface area contributed by atoms with Crippen LogP contribution in [0.2, 0.25) is 0 Å². The van der Waals surface area contributed by atoms with Crippen LogP contribution in [0.25, 0.3) is 22.0 Å². The summed E-state index contributed by atoms with van der Waals surface area (Å²) in [6.07, 6.45) is 4.44. The lowest BCUT2D eigenvalue weighted by atomic mass is 9.78. The second-order valence-corrected chi connectivity index (χ2v) is 12.9. The van der Waals surface area contributed by atoms with Crippen molar-refractivity contribution in [1.29, 1.82) is 0 Å². The number of rotatable bonds is 4. The monoisotopic (exact) mass is 566 g/mol. The summed E-state index contributed by atoms with van der Waals surface area (Å²) in [5.74, 6) is 0.209. The maximum atomic E-state index is 13.6. The van der Waals surface area contributed by atoms with Crippen molar-refractivity contribution in [3.8, 4) is 11.3 Å². The maximum Gasteiger partial charge on any atom is 0.494 e. The number of aromatic nitrogens is 3. The molecule has 3 aliphatic rings. The highest BCUT2D eigenvalue weighted by atomic mass is 16.7. The van der Waals surface area contributed by atoms with Crippen molar-refractivity contribution in [1.82, 2.24) is 19.9 Å². The quantitative estimate of drug-likeness (QED) is 0.307. The molecule has 1 fully saturated rings. The van der Waals surface area contributed by atoms with Crippen LogP contribution >= 0.6 is 0 Å². The summed E-state index contributed by atoms with van der Waals surface area (Å²) in [4.78, 5) is 33.2. The number of aromatic amines is 1. The standard InChI is InChI=1S/C32H35BN4O5/c1-31(2)32(3,4)42-33(41-31)23-9-7-19-13-21(6-5-20(19)14-23)25-16-34-29(35-25)22-15-26(38)27-24(36-30(39)40)10-8-18-11-12-37(17-22)28(18)27/h5-7,9,11-14,16,22,24,27,36H,8,10,15,17H2,1-4H3,(H,34,35)(H,39,40)/t22-,24-,27?/m0/s1. The Balaban J connectivity index is 1.13. The number of carbonyl (C=O) groups excluding carboxylic acids is 1. The van der Waals surface area contributed by atoms with Gasteiger partial charge in [0.2, 0.25) is 0 Å². The van der Waals surface area contributed by atoms with Crippen molar-refractivity contribution in [2.75, 3.05) is 0 Å². The number of Topliss-reactive ketones (excluding diaryl/α,β-unsaturated/α-hetero) is 1. The van der Waals surface area contributed by atoms with Gasteiger partial charge in [0.05, 0.1) is 29.0 Å². The summed E-state index contributed by atoms with van der Waals surface area (Å²) in [6, 6.07) is 14.2. The van der Waals surface area contributed by atoms with Gasteiger partial charge < -0.3 is 29.3 Å².